The van der Waals surface area contributed by atoms with E-state index in [1.807, 2.05) is 6.07 Å². The second-order valence-corrected chi connectivity index (χ2v) is 5.98. The van der Waals surface area contributed by atoms with Crippen LogP contribution in [0.5, 0.6) is 0 Å². The zero-order valence-corrected chi connectivity index (χ0v) is 13.9. The predicted octanol–water partition coefficient (Wildman–Crippen LogP) is 1.89. The lowest BCUT2D eigenvalue weighted by molar-refractivity contribution is -0.139. The lowest BCUT2D eigenvalue weighted by Gasteiger charge is -2.21. The van der Waals surface area contributed by atoms with Crippen molar-refractivity contribution in [3.63, 3.8) is 0 Å². The number of alkyl carbamates (subject to hydrolysis) is 2. The minimum Gasteiger partial charge on any atom is -0.480 e. The Morgan fingerprint density at radius 2 is 1.75 bits per heavy atom. The standard InChI is InChI=1S/C16H22N2O6/c1-16(2,3)24-14(21)17-9-12(13(19)20)18-15(22)23-10-11-7-5-4-6-8-11/h4-8,12H,9-10H2,1-3H3,(H,17,21)(H,18,22)(H,19,20)/t12-/m1/s1. The molecule has 24 heavy (non-hydrogen) atoms. The van der Waals surface area contributed by atoms with Crippen molar-refractivity contribution in [3.05, 3.63) is 35.9 Å². The molecule has 0 radical (unpaired) electrons. The molecule has 1 aromatic carbocycles. The number of rotatable bonds is 6. The first-order valence-electron chi connectivity index (χ1n) is 7.34. The molecule has 0 aliphatic rings. The molecule has 1 aromatic rings. The Morgan fingerprint density at radius 1 is 1.12 bits per heavy atom. The van der Waals surface area contributed by atoms with Gasteiger partial charge in [-0.1, -0.05) is 30.3 Å². The van der Waals surface area contributed by atoms with E-state index in [2.05, 4.69) is 10.6 Å². The highest BCUT2D eigenvalue weighted by atomic mass is 16.6. The van der Waals surface area contributed by atoms with Crippen LogP contribution in [0.1, 0.15) is 26.3 Å². The average Bonchev–Trinajstić information content (AvgIpc) is 2.48. The highest BCUT2D eigenvalue weighted by molar-refractivity contribution is 5.81. The van der Waals surface area contributed by atoms with E-state index >= 15 is 0 Å². The van der Waals surface area contributed by atoms with Crippen molar-refractivity contribution >= 4 is 18.2 Å². The molecule has 8 nitrogen and oxygen atoms in total. The van der Waals surface area contributed by atoms with Crippen LogP contribution in [0.25, 0.3) is 0 Å². The van der Waals surface area contributed by atoms with Gasteiger partial charge in [0.2, 0.25) is 0 Å². The SMILES string of the molecule is CC(C)(C)OC(=O)NC[C@@H](NC(=O)OCc1ccccc1)C(=O)O. The molecule has 3 N–H and O–H groups in total. The van der Waals surface area contributed by atoms with Crippen molar-refractivity contribution in [3.8, 4) is 0 Å². The van der Waals surface area contributed by atoms with Gasteiger partial charge in [-0.15, -0.1) is 0 Å². The molecule has 1 atom stereocenters. The third kappa shape index (κ3) is 8.02. The van der Waals surface area contributed by atoms with Crippen molar-refractivity contribution in [1.82, 2.24) is 10.6 Å². The lowest BCUT2D eigenvalue weighted by atomic mass is 10.2. The number of carbonyl (C=O) groups excluding carboxylic acids is 2. The fourth-order valence-corrected chi connectivity index (χ4v) is 1.61. The smallest absolute Gasteiger partial charge is 0.408 e. The van der Waals surface area contributed by atoms with Crippen LogP contribution in [-0.4, -0.2) is 41.4 Å². The fourth-order valence-electron chi connectivity index (χ4n) is 1.61. The molecule has 8 heteroatoms. The highest BCUT2D eigenvalue weighted by Crippen LogP contribution is 2.06. The summed E-state index contributed by atoms with van der Waals surface area (Å²) in [6, 6.07) is 7.62. The first-order valence-corrected chi connectivity index (χ1v) is 7.34. The Bertz CT molecular complexity index is 568. The van der Waals surface area contributed by atoms with E-state index in [-0.39, 0.29) is 13.2 Å². The van der Waals surface area contributed by atoms with Gasteiger partial charge < -0.3 is 25.2 Å². The molecule has 0 fully saturated rings. The van der Waals surface area contributed by atoms with E-state index in [1.165, 1.54) is 0 Å². The summed E-state index contributed by atoms with van der Waals surface area (Å²) in [5, 5.41) is 13.6. The average molecular weight is 338 g/mol. The molecule has 0 bridgehead atoms. The zero-order valence-electron chi connectivity index (χ0n) is 13.9. The van der Waals surface area contributed by atoms with Gasteiger partial charge in [0, 0.05) is 0 Å². The van der Waals surface area contributed by atoms with Crippen molar-refractivity contribution in [2.24, 2.45) is 0 Å². The number of carbonyl (C=O) groups is 3. The molecule has 0 aliphatic heterocycles. The number of carboxylic acids is 1. The van der Waals surface area contributed by atoms with Crippen molar-refractivity contribution in [2.75, 3.05) is 6.54 Å². The van der Waals surface area contributed by atoms with E-state index < -0.39 is 29.8 Å². The summed E-state index contributed by atoms with van der Waals surface area (Å²) < 4.78 is 9.93. The van der Waals surface area contributed by atoms with Gasteiger partial charge >= 0.3 is 18.2 Å². The molecule has 0 unspecified atom stereocenters. The summed E-state index contributed by atoms with van der Waals surface area (Å²) in [7, 11) is 0. The van der Waals surface area contributed by atoms with Crippen molar-refractivity contribution in [1.29, 1.82) is 0 Å². The predicted molar refractivity (Wildman–Crippen MR) is 85.4 cm³/mol. The lowest BCUT2D eigenvalue weighted by Crippen LogP contribution is -2.49. The van der Waals surface area contributed by atoms with E-state index in [0.29, 0.717) is 0 Å². The maximum atomic E-state index is 11.7. The zero-order chi connectivity index (χ0) is 18.2. The Hall–Kier alpha value is -2.77. The Balaban J connectivity index is 2.43. The number of aliphatic carboxylic acids is 1. The Labute approximate surface area is 140 Å². The van der Waals surface area contributed by atoms with E-state index in [0.717, 1.165) is 5.56 Å². The summed E-state index contributed by atoms with van der Waals surface area (Å²) in [4.78, 5) is 34.3. The molecule has 0 heterocycles. The number of amides is 2. The van der Waals surface area contributed by atoms with Gasteiger partial charge in [-0.25, -0.2) is 14.4 Å². The van der Waals surface area contributed by atoms with E-state index in [1.54, 1.807) is 45.0 Å². The number of hydrogen-bond acceptors (Lipinski definition) is 5. The summed E-state index contributed by atoms with van der Waals surface area (Å²) in [6.45, 7) is 4.73. The maximum absolute atomic E-state index is 11.7. The number of benzene rings is 1. The molecule has 2 amide bonds. The van der Waals surface area contributed by atoms with Gasteiger partial charge in [-0.05, 0) is 26.3 Å². The summed E-state index contributed by atoms with van der Waals surface area (Å²) in [5.41, 5.74) is 0.0663. The molecule has 0 aromatic heterocycles. The Kier molecular flexibility index (Phi) is 7.03. The Morgan fingerprint density at radius 3 is 2.29 bits per heavy atom. The van der Waals surface area contributed by atoms with Gasteiger partial charge in [0.05, 0.1) is 6.54 Å². The van der Waals surface area contributed by atoms with E-state index in [4.69, 9.17) is 14.6 Å². The number of hydrogen-bond donors (Lipinski definition) is 3. The molecule has 0 aliphatic carbocycles. The first-order chi connectivity index (χ1) is 11.2. The summed E-state index contributed by atoms with van der Waals surface area (Å²) in [6.07, 6.45) is -1.66. The molecular formula is C16H22N2O6. The highest BCUT2D eigenvalue weighted by Gasteiger charge is 2.23. The van der Waals surface area contributed by atoms with Crippen molar-refractivity contribution in [2.45, 2.75) is 39.0 Å². The number of nitrogens with one attached hydrogen (secondary N) is 2. The van der Waals surface area contributed by atoms with Crippen LogP contribution < -0.4 is 10.6 Å². The molecular weight excluding hydrogens is 316 g/mol. The molecule has 1 rings (SSSR count). The van der Waals surface area contributed by atoms with Gasteiger partial charge in [0.25, 0.3) is 0 Å². The second kappa shape index (κ2) is 8.76. The molecule has 0 saturated heterocycles. The van der Waals surface area contributed by atoms with Crippen LogP contribution in [0.15, 0.2) is 30.3 Å². The first kappa shape index (κ1) is 19.3. The number of carboxylic acid groups (broad SMARTS) is 1. The van der Waals surface area contributed by atoms with Crippen LogP contribution in [0.3, 0.4) is 0 Å². The van der Waals surface area contributed by atoms with Gasteiger partial charge in [0.15, 0.2) is 0 Å². The van der Waals surface area contributed by atoms with Crippen LogP contribution in [0.4, 0.5) is 9.59 Å². The molecule has 0 spiro atoms. The summed E-state index contributed by atoms with van der Waals surface area (Å²) in [5.74, 6) is -1.30. The topological polar surface area (TPSA) is 114 Å². The molecule has 132 valence electrons. The second-order valence-electron chi connectivity index (χ2n) is 5.98. The van der Waals surface area contributed by atoms with Crippen LogP contribution in [-0.2, 0) is 20.9 Å². The third-order valence-corrected chi connectivity index (χ3v) is 2.65. The van der Waals surface area contributed by atoms with Crippen molar-refractivity contribution < 1.29 is 29.0 Å². The van der Waals surface area contributed by atoms with Gasteiger partial charge in [-0.3, -0.25) is 0 Å². The van der Waals surface area contributed by atoms with E-state index in [9.17, 15) is 14.4 Å². The maximum Gasteiger partial charge on any atom is 0.408 e. The monoisotopic (exact) mass is 338 g/mol. The quantitative estimate of drug-likeness (QED) is 0.730. The van der Waals surface area contributed by atoms with Crippen LogP contribution >= 0.6 is 0 Å². The van der Waals surface area contributed by atoms with Crippen LogP contribution in [0.2, 0.25) is 0 Å². The molecule has 0 saturated carbocycles. The largest absolute Gasteiger partial charge is 0.480 e. The minimum atomic E-state index is -1.33. The van der Waals surface area contributed by atoms with Crippen LogP contribution in [0, 0.1) is 0 Å². The van der Waals surface area contributed by atoms with Gasteiger partial charge in [-0.2, -0.15) is 0 Å². The third-order valence-electron chi connectivity index (χ3n) is 2.65. The van der Waals surface area contributed by atoms with Gasteiger partial charge in [0.1, 0.15) is 18.2 Å². The normalized spacial score (nSPS) is 12.0. The number of ether oxygens (including phenoxy) is 2. The fraction of sp³-hybridized carbons (Fsp3) is 0.438. The minimum absolute atomic E-state index is 0.0124. The summed E-state index contributed by atoms with van der Waals surface area (Å²) >= 11 is 0.